The molecule has 48 heavy (non-hydrogen) atoms. The first kappa shape index (κ1) is 34.0. The van der Waals surface area contributed by atoms with E-state index in [1.807, 2.05) is 0 Å². The number of halogens is 6. The van der Waals surface area contributed by atoms with Crippen molar-refractivity contribution in [2.45, 2.75) is 39.4 Å². The molecule has 0 radical (unpaired) electrons. The number of aryl methyl sites for hydroxylation is 2. The van der Waals surface area contributed by atoms with Gasteiger partial charge < -0.3 is 5.11 Å². The second-order valence-corrected chi connectivity index (χ2v) is 10.9. The van der Waals surface area contributed by atoms with Gasteiger partial charge in [-0.3, -0.25) is 24.5 Å². The molecule has 0 atom stereocenters. The number of aliphatic hydroxyl groups is 1. The fourth-order valence-corrected chi connectivity index (χ4v) is 5.05. The van der Waals surface area contributed by atoms with Crippen molar-refractivity contribution in [2.75, 3.05) is 0 Å². The third-order valence-electron chi connectivity index (χ3n) is 7.78. The monoisotopic (exact) mass is 663 g/mol. The largest absolute Gasteiger partial charge is 0.416 e. The molecule has 0 spiro atoms. The first-order valence-corrected chi connectivity index (χ1v) is 14.5. The van der Waals surface area contributed by atoms with Gasteiger partial charge in [0.05, 0.1) is 46.8 Å². The Hall–Kier alpha value is -5.36. The van der Waals surface area contributed by atoms with Gasteiger partial charge in [-0.15, -0.1) is 0 Å². The Morgan fingerprint density at radius 2 is 0.979 bits per heavy atom. The first-order valence-electron chi connectivity index (χ1n) is 14.5. The van der Waals surface area contributed by atoms with E-state index in [4.69, 9.17) is 5.11 Å². The quantitative estimate of drug-likeness (QED) is 0.151. The normalized spacial score (nSPS) is 12.9. The number of rotatable bonds is 5. The molecule has 0 bridgehead atoms. The summed E-state index contributed by atoms with van der Waals surface area (Å²) < 4.78 is 75.5. The van der Waals surface area contributed by atoms with Gasteiger partial charge in [0.25, 0.3) is 11.8 Å². The third kappa shape index (κ3) is 7.28. The smallest absolute Gasteiger partial charge is 0.392 e. The topological polar surface area (TPSA) is 83.4 Å². The molecule has 1 aliphatic rings. The van der Waals surface area contributed by atoms with Crippen molar-refractivity contribution in [3.8, 4) is 22.5 Å². The summed E-state index contributed by atoms with van der Waals surface area (Å²) in [5.41, 5.74) is 4.28. The van der Waals surface area contributed by atoms with Crippen molar-refractivity contribution in [3.05, 3.63) is 142 Å². The Morgan fingerprint density at radius 3 is 1.33 bits per heavy atom. The average Bonchev–Trinajstić information content (AvgIpc) is 3.30. The van der Waals surface area contributed by atoms with Crippen LogP contribution >= 0.6 is 0 Å². The summed E-state index contributed by atoms with van der Waals surface area (Å²) in [5.74, 6) is -0.700. The van der Waals surface area contributed by atoms with Gasteiger partial charge in [-0.25, -0.2) is 0 Å². The van der Waals surface area contributed by atoms with Crippen LogP contribution in [-0.4, -0.2) is 31.8 Å². The van der Waals surface area contributed by atoms with Gasteiger partial charge in [0.1, 0.15) is 0 Å². The summed E-state index contributed by atoms with van der Waals surface area (Å²) in [6.07, 6.45) is -8.72. The highest BCUT2D eigenvalue weighted by Crippen LogP contribution is 2.32. The summed E-state index contributed by atoms with van der Waals surface area (Å²) >= 11 is 0. The van der Waals surface area contributed by atoms with Crippen molar-refractivity contribution >= 4 is 11.8 Å². The molecular formula is C36H27F6N3O3. The minimum Gasteiger partial charge on any atom is -0.392 e. The predicted octanol–water partition coefficient (Wildman–Crippen LogP) is 8.44. The minimum absolute atomic E-state index is 0.0818. The van der Waals surface area contributed by atoms with Crippen molar-refractivity contribution < 1.29 is 41.0 Å². The van der Waals surface area contributed by atoms with Crippen molar-refractivity contribution in [1.82, 2.24) is 14.9 Å². The molecule has 1 N–H and O–H groups in total. The first-order chi connectivity index (χ1) is 22.7. The number of fused-ring (bicyclic) bond motifs is 1. The standard InChI is InChI=1S/C22H15F3N2O2.C14H12F3NO/c1-13-15(12-27-20(28)17-4-2-3-5-18(17)21(27)29)8-11-19(26-13)14-6-9-16(10-7-14)22(23,24)25;1-9-11(8-19)4-7-13(18-9)10-2-5-12(6-3-10)14(15,16)17/h2-11H,12H2,1H3;2-7,19H,8H2,1H3. The molecule has 0 fully saturated rings. The molecule has 0 saturated carbocycles. The highest BCUT2D eigenvalue weighted by Gasteiger charge is 2.35. The van der Waals surface area contributed by atoms with Crippen LogP contribution in [-0.2, 0) is 25.5 Å². The molecule has 6 nitrogen and oxygen atoms in total. The van der Waals surface area contributed by atoms with Crippen LogP contribution in [0.5, 0.6) is 0 Å². The van der Waals surface area contributed by atoms with Gasteiger partial charge in [-0.05, 0) is 73.5 Å². The number of imide groups is 1. The molecule has 3 aromatic carbocycles. The molecule has 3 heterocycles. The predicted molar refractivity (Wildman–Crippen MR) is 165 cm³/mol. The molecule has 5 aromatic rings. The summed E-state index contributed by atoms with van der Waals surface area (Å²) in [6.45, 7) is 3.46. The van der Waals surface area contributed by atoms with Crippen LogP contribution in [0.25, 0.3) is 22.5 Å². The van der Waals surface area contributed by atoms with Crippen LogP contribution in [0.15, 0.2) is 97.1 Å². The van der Waals surface area contributed by atoms with Crippen molar-refractivity contribution in [3.63, 3.8) is 0 Å². The summed E-state index contributed by atoms with van der Waals surface area (Å²) in [4.78, 5) is 34.9. The lowest BCUT2D eigenvalue weighted by molar-refractivity contribution is -0.138. The Balaban J connectivity index is 0.000000206. The number of benzene rings is 3. The lowest BCUT2D eigenvalue weighted by atomic mass is 10.1. The number of hydrogen-bond donors (Lipinski definition) is 1. The van der Waals surface area contributed by atoms with Gasteiger partial charge >= 0.3 is 12.4 Å². The molecule has 1 aliphatic heterocycles. The number of amides is 2. The second kappa shape index (κ2) is 13.4. The second-order valence-electron chi connectivity index (χ2n) is 10.9. The van der Waals surface area contributed by atoms with Gasteiger partial charge in [0.15, 0.2) is 0 Å². The molecule has 2 aromatic heterocycles. The van der Waals surface area contributed by atoms with E-state index in [1.165, 1.54) is 29.2 Å². The van der Waals surface area contributed by atoms with Crippen LogP contribution < -0.4 is 0 Å². The van der Waals surface area contributed by atoms with Gasteiger partial charge in [-0.2, -0.15) is 26.3 Å². The van der Waals surface area contributed by atoms with Gasteiger partial charge in [-0.1, -0.05) is 48.5 Å². The molecule has 0 saturated heterocycles. The zero-order valence-corrected chi connectivity index (χ0v) is 25.5. The van der Waals surface area contributed by atoms with E-state index >= 15 is 0 Å². The van der Waals surface area contributed by atoms with E-state index < -0.39 is 23.5 Å². The molecule has 0 aliphatic carbocycles. The number of alkyl halides is 6. The molecule has 6 rings (SSSR count). The van der Waals surface area contributed by atoms with E-state index in [0.29, 0.717) is 56.2 Å². The molecule has 246 valence electrons. The van der Waals surface area contributed by atoms with Gasteiger partial charge in [0.2, 0.25) is 0 Å². The molecular weight excluding hydrogens is 636 g/mol. The zero-order valence-electron chi connectivity index (χ0n) is 25.5. The van der Waals surface area contributed by atoms with Crippen LogP contribution in [0.2, 0.25) is 0 Å². The lowest BCUT2D eigenvalue weighted by Crippen LogP contribution is -2.29. The molecule has 12 heteroatoms. The highest BCUT2D eigenvalue weighted by molar-refractivity contribution is 6.21. The van der Waals surface area contributed by atoms with E-state index in [1.54, 1.807) is 62.4 Å². The number of pyridine rings is 2. The Labute approximate surface area is 271 Å². The summed E-state index contributed by atoms with van der Waals surface area (Å²) in [7, 11) is 0. The fraction of sp³-hybridized carbons (Fsp3) is 0.167. The number of carbonyl (C=O) groups is 2. The van der Waals surface area contributed by atoms with E-state index in [-0.39, 0.29) is 25.0 Å². The third-order valence-corrected chi connectivity index (χ3v) is 7.78. The minimum atomic E-state index is -4.39. The Bertz CT molecular complexity index is 1940. The Kier molecular flexibility index (Phi) is 9.49. The SMILES string of the molecule is Cc1nc(-c2ccc(C(F)(F)F)cc2)ccc1CN1C(=O)c2ccccc2C1=O.Cc1nc(-c2ccc(C(F)(F)F)cc2)ccc1CO. The van der Waals surface area contributed by atoms with Crippen LogP contribution in [0, 0.1) is 13.8 Å². The fourth-order valence-electron chi connectivity index (χ4n) is 5.05. The van der Waals surface area contributed by atoms with Crippen LogP contribution in [0.1, 0.15) is 54.4 Å². The maximum atomic E-state index is 12.7. The molecule has 0 unspecified atom stereocenters. The van der Waals surface area contributed by atoms with Crippen molar-refractivity contribution in [2.24, 2.45) is 0 Å². The maximum absolute atomic E-state index is 12.7. The van der Waals surface area contributed by atoms with Crippen LogP contribution in [0.3, 0.4) is 0 Å². The van der Waals surface area contributed by atoms with E-state index in [0.717, 1.165) is 24.3 Å². The average molecular weight is 664 g/mol. The maximum Gasteiger partial charge on any atom is 0.416 e. The number of nitrogens with zero attached hydrogens (tertiary/aromatic N) is 3. The number of carbonyl (C=O) groups excluding carboxylic acids is 2. The summed E-state index contributed by atoms with van der Waals surface area (Å²) in [6, 6.07) is 23.1. The summed E-state index contributed by atoms with van der Waals surface area (Å²) in [5, 5.41) is 9.04. The van der Waals surface area contributed by atoms with Gasteiger partial charge in [0, 0.05) is 22.5 Å². The van der Waals surface area contributed by atoms with E-state index in [9.17, 15) is 35.9 Å². The number of hydrogen-bond acceptors (Lipinski definition) is 5. The highest BCUT2D eigenvalue weighted by atomic mass is 19.4. The van der Waals surface area contributed by atoms with Crippen LogP contribution in [0.4, 0.5) is 26.3 Å². The number of aromatic nitrogens is 2. The van der Waals surface area contributed by atoms with Crippen molar-refractivity contribution in [1.29, 1.82) is 0 Å². The molecule has 2 amide bonds. The number of aliphatic hydroxyl groups excluding tert-OH is 1. The zero-order chi connectivity index (χ0) is 34.8. The lowest BCUT2D eigenvalue weighted by Gasteiger charge is -2.16. The van der Waals surface area contributed by atoms with E-state index in [2.05, 4.69) is 9.97 Å². The Morgan fingerprint density at radius 1 is 0.583 bits per heavy atom.